The lowest BCUT2D eigenvalue weighted by Crippen LogP contribution is -2.20. The largest absolute Gasteiger partial charge is 0.198 e. The van der Waals surface area contributed by atoms with E-state index in [1.54, 1.807) is 0 Å². The number of nitriles is 1. The van der Waals surface area contributed by atoms with E-state index < -0.39 is 0 Å². The van der Waals surface area contributed by atoms with E-state index in [1.807, 2.05) is 11.3 Å². The fraction of sp³-hybridized carbons (Fsp3) is 0.667. The Bertz CT molecular complexity index is 353. The molecular weight excluding hydrogens is 226 g/mol. The molecule has 2 heteroatoms. The Morgan fingerprint density at radius 3 is 2.47 bits per heavy atom. The van der Waals surface area contributed by atoms with Crippen molar-refractivity contribution in [3.63, 3.8) is 0 Å². The van der Waals surface area contributed by atoms with Crippen molar-refractivity contribution in [2.75, 3.05) is 0 Å². The van der Waals surface area contributed by atoms with Gasteiger partial charge in [0, 0.05) is 4.88 Å². The minimum Gasteiger partial charge on any atom is -0.198 e. The smallest absolute Gasteiger partial charge is 0.0689 e. The average Bonchev–Trinajstić information content (AvgIpc) is 2.82. The van der Waals surface area contributed by atoms with Crippen LogP contribution in [0.4, 0.5) is 0 Å². The van der Waals surface area contributed by atoms with Crippen LogP contribution >= 0.6 is 11.3 Å². The molecule has 1 aromatic rings. The Morgan fingerprint density at radius 2 is 1.88 bits per heavy atom. The number of aryl methyl sites for hydroxylation is 1. The van der Waals surface area contributed by atoms with Crippen LogP contribution in [0.15, 0.2) is 17.5 Å². The molecule has 0 N–H and O–H groups in total. The first kappa shape index (κ1) is 12.6. The summed E-state index contributed by atoms with van der Waals surface area (Å²) in [5, 5.41) is 11.7. The molecule has 0 aliphatic heterocycles. The van der Waals surface area contributed by atoms with Gasteiger partial charge in [-0.25, -0.2) is 0 Å². The van der Waals surface area contributed by atoms with E-state index in [0.717, 1.165) is 25.7 Å². The molecule has 1 saturated carbocycles. The first-order valence-electron chi connectivity index (χ1n) is 6.78. The fourth-order valence-corrected chi connectivity index (χ4v) is 3.53. The highest BCUT2D eigenvalue weighted by Gasteiger charge is 2.29. The third-order valence-electron chi connectivity index (χ3n) is 3.98. The molecule has 1 aliphatic carbocycles. The molecule has 2 rings (SSSR count). The third kappa shape index (κ3) is 3.57. The molecule has 0 aromatic carbocycles. The van der Waals surface area contributed by atoms with E-state index >= 15 is 0 Å². The molecular formula is C15H21NS. The van der Waals surface area contributed by atoms with E-state index in [1.165, 1.54) is 37.0 Å². The van der Waals surface area contributed by atoms with Gasteiger partial charge in [0.15, 0.2) is 0 Å². The van der Waals surface area contributed by atoms with Crippen molar-refractivity contribution >= 4 is 11.3 Å². The van der Waals surface area contributed by atoms with Crippen LogP contribution in [0.2, 0.25) is 0 Å². The van der Waals surface area contributed by atoms with Crippen molar-refractivity contribution in [1.29, 1.82) is 5.26 Å². The standard InChI is InChI=1S/C15H21NS/c16-13-15(9-4-2-1-3-5-10-15)11-8-14-7-6-12-17-14/h6-7,12H,1-5,8-11H2. The molecule has 0 spiro atoms. The summed E-state index contributed by atoms with van der Waals surface area (Å²) in [4.78, 5) is 1.43. The Kier molecular flexibility index (Phi) is 4.62. The lowest BCUT2D eigenvalue weighted by molar-refractivity contribution is 0.270. The first-order valence-corrected chi connectivity index (χ1v) is 7.66. The summed E-state index contributed by atoms with van der Waals surface area (Å²) < 4.78 is 0. The number of hydrogen-bond acceptors (Lipinski definition) is 2. The highest BCUT2D eigenvalue weighted by molar-refractivity contribution is 7.09. The Hall–Kier alpha value is -0.810. The average molecular weight is 247 g/mol. The zero-order valence-corrected chi connectivity index (χ0v) is 11.3. The van der Waals surface area contributed by atoms with E-state index in [4.69, 9.17) is 0 Å². The lowest BCUT2D eigenvalue weighted by Gasteiger charge is -2.28. The van der Waals surface area contributed by atoms with Crippen molar-refractivity contribution in [2.24, 2.45) is 5.41 Å². The molecule has 0 bridgehead atoms. The summed E-state index contributed by atoms with van der Waals surface area (Å²) in [7, 11) is 0. The molecule has 0 saturated heterocycles. The van der Waals surface area contributed by atoms with Gasteiger partial charge in [0.25, 0.3) is 0 Å². The summed E-state index contributed by atoms with van der Waals surface area (Å²) in [6.45, 7) is 0. The van der Waals surface area contributed by atoms with Crippen molar-refractivity contribution in [1.82, 2.24) is 0 Å². The summed E-state index contributed by atoms with van der Waals surface area (Å²) in [5.74, 6) is 0. The van der Waals surface area contributed by atoms with E-state index in [-0.39, 0.29) is 5.41 Å². The van der Waals surface area contributed by atoms with Gasteiger partial charge in [0.05, 0.1) is 11.5 Å². The minimum atomic E-state index is -0.0234. The van der Waals surface area contributed by atoms with Crippen LogP contribution in [0.25, 0.3) is 0 Å². The first-order chi connectivity index (χ1) is 8.35. The Balaban J connectivity index is 1.94. The predicted octanol–water partition coefficient (Wildman–Crippen LogP) is 4.93. The molecule has 1 fully saturated rings. The molecule has 92 valence electrons. The van der Waals surface area contributed by atoms with Gasteiger partial charge in [-0.3, -0.25) is 0 Å². The topological polar surface area (TPSA) is 23.8 Å². The number of hydrogen-bond donors (Lipinski definition) is 0. The van der Waals surface area contributed by atoms with Gasteiger partial charge in [-0.05, 0) is 37.1 Å². The van der Waals surface area contributed by atoms with Crippen LogP contribution in [-0.4, -0.2) is 0 Å². The monoisotopic (exact) mass is 247 g/mol. The van der Waals surface area contributed by atoms with Gasteiger partial charge >= 0.3 is 0 Å². The number of nitrogens with zero attached hydrogens (tertiary/aromatic N) is 1. The number of rotatable bonds is 3. The maximum absolute atomic E-state index is 9.54. The van der Waals surface area contributed by atoms with Gasteiger partial charge in [0.1, 0.15) is 0 Å². The van der Waals surface area contributed by atoms with Crippen LogP contribution in [-0.2, 0) is 6.42 Å². The van der Waals surface area contributed by atoms with Crippen LogP contribution in [0.3, 0.4) is 0 Å². The van der Waals surface area contributed by atoms with Crippen LogP contribution in [0, 0.1) is 16.7 Å². The zero-order valence-electron chi connectivity index (χ0n) is 10.5. The second-order valence-electron chi connectivity index (χ2n) is 5.24. The molecule has 0 atom stereocenters. The Labute approximate surface area is 108 Å². The van der Waals surface area contributed by atoms with E-state index in [0.29, 0.717) is 0 Å². The van der Waals surface area contributed by atoms with Crippen molar-refractivity contribution < 1.29 is 0 Å². The quantitative estimate of drug-likeness (QED) is 0.742. The highest BCUT2D eigenvalue weighted by Crippen LogP contribution is 2.38. The van der Waals surface area contributed by atoms with Gasteiger partial charge in [-0.15, -0.1) is 11.3 Å². The van der Waals surface area contributed by atoms with Crippen LogP contribution in [0.5, 0.6) is 0 Å². The van der Waals surface area contributed by atoms with Crippen molar-refractivity contribution in [2.45, 2.75) is 57.8 Å². The predicted molar refractivity (Wildman–Crippen MR) is 73.0 cm³/mol. The van der Waals surface area contributed by atoms with Crippen LogP contribution in [0.1, 0.15) is 56.2 Å². The second kappa shape index (κ2) is 6.21. The van der Waals surface area contributed by atoms with Gasteiger partial charge < -0.3 is 0 Å². The highest BCUT2D eigenvalue weighted by atomic mass is 32.1. The second-order valence-corrected chi connectivity index (χ2v) is 6.27. The van der Waals surface area contributed by atoms with Gasteiger partial charge in [-0.2, -0.15) is 5.26 Å². The number of thiophene rings is 1. The maximum atomic E-state index is 9.54. The summed E-state index contributed by atoms with van der Waals surface area (Å²) in [6.07, 6.45) is 10.9. The molecule has 17 heavy (non-hydrogen) atoms. The van der Waals surface area contributed by atoms with E-state index in [2.05, 4.69) is 23.6 Å². The molecule has 1 aromatic heterocycles. The van der Waals surface area contributed by atoms with Crippen molar-refractivity contribution in [3.8, 4) is 6.07 Å². The molecule has 0 amide bonds. The normalized spacial score (nSPS) is 20.2. The summed E-state index contributed by atoms with van der Waals surface area (Å²) in [5.41, 5.74) is -0.0234. The van der Waals surface area contributed by atoms with Gasteiger partial charge in [-0.1, -0.05) is 38.2 Å². The van der Waals surface area contributed by atoms with Gasteiger partial charge in [0.2, 0.25) is 0 Å². The lowest BCUT2D eigenvalue weighted by atomic mass is 9.74. The minimum absolute atomic E-state index is 0.0234. The summed E-state index contributed by atoms with van der Waals surface area (Å²) >= 11 is 1.82. The SMILES string of the molecule is N#CC1(CCc2cccs2)CCCCCCC1. The Morgan fingerprint density at radius 1 is 1.18 bits per heavy atom. The molecule has 1 heterocycles. The van der Waals surface area contributed by atoms with E-state index in [9.17, 15) is 5.26 Å². The molecule has 0 unspecified atom stereocenters. The van der Waals surface area contributed by atoms with Crippen LogP contribution < -0.4 is 0 Å². The molecule has 0 radical (unpaired) electrons. The third-order valence-corrected chi connectivity index (χ3v) is 4.91. The summed E-state index contributed by atoms with van der Waals surface area (Å²) in [6, 6.07) is 6.95. The molecule has 1 aliphatic rings. The fourth-order valence-electron chi connectivity index (χ4n) is 2.82. The zero-order chi connectivity index (χ0) is 12.0. The van der Waals surface area contributed by atoms with Crippen molar-refractivity contribution in [3.05, 3.63) is 22.4 Å². The maximum Gasteiger partial charge on any atom is 0.0689 e. The molecule has 1 nitrogen and oxygen atoms in total.